The Hall–Kier alpha value is -5.05. The molecule has 2 aliphatic heterocycles. The van der Waals surface area contributed by atoms with Crippen molar-refractivity contribution in [1.29, 1.82) is 0 Å². The lowest BCUT2D eigenvalue weighted by Gasteiger charge is -2.41. The van der Waals surface area contributed by atoms with Crippen molar-refractivity contribution >= 4 is 28.9 Å². The molecule has 3 heterocycles. The molecule has 41 heavy (non-hydrogen) atoms. The van der Waals surface area contributed by atoms with Crippen LogP contribution in [0.15, 0.2) is 72.9 Å². The fraction of sp³-hybridized carbons (Fsp3) is 0.219. The van der Waals surface area contributed by atoms with Crippen molar-refractivity contribution in [2.24, 2.45) is 0 Å². The van der Waals surface area contributed by atoms with Crippen LogP contribution in [0.25, 0.3) is 11.1 Å². The van der Waals surface area contributed by atoms with E-state index < -0.39 is 11.5 Å². The zero-order valence-corrected chi connectivity index (χ0v) is 23.5. The summed E-state index contributed by atoms with van der Waals surface area (Å²) in [6, 6.07) is 20.4. The molecule has 0 fully saturated rings. The van der Waals surface area contributed by atoms with E-state index in [1.165, 1.54) is 6.20 Å². The number of para-hydroxylation sites is 2. The molecule has 9 heteroatoms. The monoisotopic (exact) mass is 550 g/mol. The number of nitrogens with one attached hydrogen (secondary N) is 1. The average Bonchev–Trinajstić information content (AvgIpc) is 3.37. The summed E-state index contributed by atoms with van der Waals surface area (Å²) in [5.41, 5.74) is 5.47. The molecule has 1 aromatic heterocycles. The number of amides is 1. The fourth-order valence-electron chi connectivity index (χ4n) is 5.35. The molecule has 9 nitrogen and oxygen atoms in total. The number of methoxy groups -OCH3 is 2. The van der Waals surface area contributed by atoms with Crippen molar-refractivity contribution in [3.05, 3.63) is 89.7 Å². The first-order valence-corrected chi connectivity index (χ1v) is 13.2. The highest BCUT2D eigenvalue weighted by molar-refractivity contribution is 6.12. The van der Waals surface area contributed by atoms with Gasteiger partial charge in [0.25, 0.3) is 5.91 Å². The van der Waals surface area contributed by atoms with E-state index in [-0.39, 0.29) is 5.91 Å². The van der Waals surface area contributed by atoms with Gasteiger partial charge in [0.2, 0.25) is 0 Å². The van der Waals surface area contributed by atoms with E-state index in [0.717, 1.165) is 39.4 Å². The average molecular weight is 551 g/mol. The maximum Gasteiger partial charge on any atom is 0.345 e. The maximum atomic E-state index is 13.8. The van der Waals surface area contributed by atoms with Crippen LogP contribution in [-0.4, -0.2) is 36.6 Å². The third kappa shape index (κ3) is 4.39. The van der Waals surface area contributed by atoms with Crippen molar-refractivity contribution in [2.45, 2.75) is 32.9 Å². The van der Waals surface area contributed by atoms with Gasteiger partial charge in [0.05, 0.1) is 37.7 Å². The zero-order valence-electron chi connectivity index (χ0n) is 23.5. The van der Waals surface area contributed by atoms with Crippen LogP contribution in [0.3, 0.4) is 0 Å². The molecule has 1 N–H and O–H groups in total. The minimum atomic E-state index is -0.813. The number of rotatable bonds is 6. The van der Waals surface area contributed by atoms with Gasteiger partial charge in [0, 0.05) is 29.1 Å². The first-order valence-electron chi connectivity index (χ1n) is 13.2. The van der Waals surface area contributed by atoms with Crippen LogP contribution in [-0.2, 0) is 11.3 Å². The number of carbonyl (C=O) groups excluding carboxylic acids is 2. The number of hydrazine groups is 1. The third-order valence-electron chi connectivity index (χ3n) is 7.40. The van der Waals surface area contributed by atoms with E-state index in [2.05, 4.69) is 10.3 Å². The topological polar surface area (TPSA) is 93.2 Å². The van der Waals surface area contributed by atoms with E-state index in [0.29, 0.717) is 29.4 Å². The SMILES string of the molecule is COc1cc(OC(=O)c2ccc(C)nc2)ccc1-c1ccc2c3c1CN(c1ccccc1OC)N3C(=O)C(C)(C)N2. The van der Waals surface area contributed by atoms with E-state index in [1.54, 1.807) is 43.5 Å². The number of ether oxygens (including phenoxy) is 3. The first-order chi connectivity index (χ1) is 19.7. The molecule has 0 saturated carbocycles. The maximum absolute atomic E-state index is 13.8. The first kappa shape index (κ1) is 26.2. The lowest BCUT2D eigenvalue weighted by atomic mass is 9.93. The van der Waals surface area contributed by atoms with Crippen molar-refractivity contribution in [3.63, 3.8) is 0 Å². The van der Waals surface area contributed by atoms with Crippen molar-refractivity contribution in [3.8, 4) is 28.4 Å². The summed E-state index contributed by atoms with van der Waals surface area (Å²) in [5, 5.41) is 7.12. The molecule has 0 aliphatic carbocycles. The Morgan fingerprint density at radius 3 is 2.44 bits per heavy atom. The molecule has 0 spiro atoms. The van der Waals surface area contributed by atoms with E-state index in [9.17, 15) is 9.59 Å². The number of hydrogen-bond donors (Lipinski definition) is 1. The summed E-state index contributed by atoms with van der Waals surface area (Å²) >= 11 is 0. The molecule has 6 rings (SSSR count). The predicted molar refractivity (Wildman–Crippen MR) is 157 cm³/mol. The Labute approximate surface area is 238 Å². The number of esters is 1. The van der Waals surface area contributed by atoms with Gasteiger partial charge in [-0.15, -0.1) is 0 Å². The van der Waals surface area contributed by atoms with Gasteiger partial charge < -0.3 is 19.5 Å². The summed E-state index contributed by atoms with van der Waals surface area (Å²) < 4.78 is 17.1. The normalized spacial score (nSPS) is 14.8. The van der Waals surface area contributed by atoms with Gasteiger partial charge >= 0.3 is 5.97 Å². The third-order valence-corrected chi connectivity index (χ3v) is 7.40. The molecular weight excluding hydrogens is 520 g/mol. The summed E-state index contributed by atoms with van der Waals surface area (Å²) in [6.45, 7) is 6.04. The number of benzene rings is 3. The Kier molecular flexibility index (Phi) is 6.29. The van der Waals surface area contributed by atoms with Gasteiger partial charge in [0.15, 0.2) is 0 Å². The second kappa shape index (κ2) is 9.85. The summed E-state index contributed by atoms with van der Waals surface area (Å²) in [5.74, 6) is 0.967. The minimum absolute atomic E-state index is 0.0772. The lowest BCUT2D eigenvalue weighted by Crippen LogP contribution is -2.57. The summed E-state index contributed by atoms with van der Waals surface area (Å²) in [7, 11) is 3.20. The summed E-state index contributed by atoms with van der Waals surface area (Å²) in [6.07, 6.45) is 1.49. The molecule has 4 aromatic rings. The van der Waals surface area contributed by atoms with Gasteiger partial charge in [-0.05, 0) is 68.8 Å². The number of anilines is 3. The number of hydrogen-bond acceptors (Lipinski definition) is 8. The van der Waals surface area contributed by atoms with E-state index in [1.807, 2.05) is 68.2 Å². The molecule has 0 bridgehead atoms. The van der Waals surface area contributed by atoms with Gasteiger partial charge in [-0.3, -0.25) is 14.8 Å². The van der Waals surface area contributed by atoms with Crippen LogP contribution in [0.4, 0.5) is 17.1 Å². The molecule has 0 radical (unpaired) electrons. The fourth-order valence-corrected chi connectivity index (χ4v) is 5.35. The lowest BCUT2D eigenvalue weighted by molar-refractivity contribution is -0.122. The number of nitrogens with zero attached hydrogens (tertiary/aromatic N) is 3. The molecule has 0 saturated heterocycles. The molecular formula is C32H30N4O5. The van der Waals surface area contributed by atoms with Crippen molar-refractivity contribution in [2.75, 3.05) is 29.6 Å². The van der Waals surface area contributed by atoms with Crippen LogP contribution in [0.1, 0.15) is 35.5 Å². The molecule has 0 unspecified atom stereocenters. The number of aryl methyl sites for hydroxylation is 1. The predicted octanol–water partition coefficient (Wildman–Crippen LogP) is 5.77. The highest BCUT2D eigenvalue weighted by Gasteiger charge is 2.47. The quantitative estimate of drug-likeness (QED) is 0.239. The van der Waals surface area contributed by atoms with E-state index >= 15 is 0 Å². The van der Waals surface area contributed by atoms with Crippen molar-refractivity contribution in [1.82, 2.24) is 4.98 Å². The highest BCUT2D eigenvalue weighted by atomic mass is 16.5. The minimum Gasteiger partial charge on any atom is -0.496 e. The van der Waals surface area contributed by atoms with Gasteiger partial charge in [-0.25, -0.2) is 9.80 Å². The Morgan fingerprint density at radius 2 is 1.71 bits per heavy atom. The largest absolute Gasteiger partial charge is 0.496 e. The number of pyridine rings is 1. The molecule has 2 aliphatic rings. The Bertz CT molecular complexity index is 1680. The van der Waals surface area contributed by atoms with Crippen LogP contribution in [0.5, 0.6) is 17.2 Å². The van der Waals surface area contributed by atoms with Gasteiger partial charge in [-0.1, -0.05) is 18.2 Å². The van der Waals surface area contributed by atoms with Crippen LogP contribution < -0.4 is 29.5 Å². The Balaban J connectivity index is 1.42. The van der Waals surface area contributed by atoms with Crippen LogP contribution >= 0.6 is 0 Å². The second-order valence-electron chi connectivity index (χ2n) is 10.5. The highest BCUT2D eigenvalue weighted by Crippen LogP contribution is 2.51. The molecule has 0 atom stereocenters. The molecule has 1 amide bonds. The van der Waals surface area contributed by atoms with Crippen LogP contribution in [0.2, 0.25) is 0 Å². The van der Waals surface area contributed by atoms with Crippen molar-refractivity contribution < 1.29 is 23.8 Å². The van der Waals surface area contributed by atoms with E-state index in [4.69, 9.17) is 14.2 Å². The van der Waals surface area contributed by atoms with Crippen LogP contribution in [0, 0.1) is 6.92 Å². The van der Waals surface area contributed by atoms with Gasteiger partial charge in [-0.2, -0.15) is 0 Å². The summed E-state index contributed by atoms with van der Waals surface area (Å²) in [4.78, 5) is 30.7. The van der Waals surface area contributed by atoms with Gasteiger partial charge in [0.1, 0.15) is 28.5 Å². The zero-order chi connectivity index (χ0) is 28.9. The number of carbonyl (C=O) groups is 2. The smallest absolute Gasteiger partial charge is 0.345 e. The standard InChI is InChI=1S/C32H30N4O5/c1-19-10-11-20(17-33-19)30(37)41-21-12-13-23(28(16-21)40-5)22-14-15-25-29-24(22)18-35(26-8-6-7-9-27(26)39-4)36(29)31(38)32(2,3)34-25/h6-17,34H,18H2,1-5H3. The second-order valence-corrected chi connectivity index (χ2v) is 10.5. The Morgan fingerprint density at radius 1 is 0.951 bits per heavy atom. The number of aromatic nitrogens is 1. The molecule has 3 aromatic carbocycles. The molecule has 208 valence electrons.